The highest BCUT2D eigenvalue weighted by Crippen LogP contribution is 2.09. The van der Waals surface area contributed by atoms with Crippen LogP contribution in [-0.4, -0.2) is 43.0 Å². The number of carbonyl (C=O) groups excluding carboxylic acids is 1. The predicted molar refractivity (Wildman–Crippen MR) is 66.2 cm³/mol. The largest absolute Gasteiger partial charge is 0.370 e. The van der Waals surface area contributed by atoms with Crippen LogP contribution < -0.4 is 11.1 Å². The van der Waals surface area contributed by atoms with Gasteiger partial charge in [-0.2, -0.15) is 0 Å². The number of rotatable bonds is 7. The first-order valence-corrected chi connectivity index (χ1v) is 6.46. The van der Waals surface area contributed by atoms with Gasteiger partial charge in [0.25, 0.3) is 0 Å². The zero-order chi connectivity index (χ0) is 11.8. The van der Waals surface area contributed by atoms with Gasteiger partial charge in [-0.05, 0) is 51.9 Å². The summed E-state index contributed by atoms with van der Waals surface area (Å²) < 4.78 is 0. The third-order valence-corrected chi connectivity index (χ3v) is 3.32. The van der Waals surface area contributed by atoms with E-state index in [4.69, 9.17) is 5.73 Å². The Morgan fingerprint density at radius 2 is 2.06 bits per heavy atom. The Morgan fingerprint density at radius 3 is 2.62 bits per heavy atom. The summed E-state index contributed by atoms with van der Waals surface area (Å²) in [5.74, 6) is -0.184. The van der Waals surface area contributed by atoms with Crippen LogP contribution in [0.3, 0.4) is 0 Å². The lowest BCUT2D eigenvalue weighted by atomic mass is 10.0. The van der Waals surface area contributed by atoms with Crippen LogP contribution in [0.25, 0.3) is 0 Å². The molecule has 3 N–H and O–H groups in total. The summed E-state index contributed by atoms with van der Waals surface area (Å²) in [4.78, 5) is 13.0. The monoisotopic (exact) mass is 227 g/mol. The summed E-state index contributed by atoms with van der Waals surface area (Å²) in [6.45, 7) is 6.85. The van der Waals surface area contributed by atoms with Gasteiger partial charge in [0.05, 0.1) is 0 Å². The van der Waals surface area contributed by atoms with Crippen molar-refractivity contribution in [3.8, 4) is 0 Å². The van der Waals surface area contributed by atoms with Crippen molar-refractivity contribution < 1.29 is 4.79 Å². The molecule has 0 aromatic carbocycles. The molecule has 1 aliphatic rings. The van der Waals surface area contributed by atoms with E-state index in [1.54, 1.807) is 0 Å². The molecule has 0 aromatic rings. The molecule has 0 bridgehead atoms. The molecule has 94 valence electrons. The fraction of sp³-hybridized carbons (Fsp3) is 0.917. The average molecular weight is 227 g/mol. The molecule has 0 atom stereocenters. The van der Waals surface area contributed by atoms with Crippen LogP contribution in [0.1, 0.15) is 39.0 Å². The SMILES string of the molecule is CCN1CCC(NCCCCC(N)=O)CC1. The molecule has 0 spiro atoms. The zero-order valence-electron chi connectivity index (χ0n) is 10.4. The molecular formula is C12H25N3O. The number of nitrogens with two attached hydrogens (primary N) is 1. The topological polar surface area (TPSA) is 58.4 Å². The standard InChI is InChI=1S/C12H25N3O/c1-2-15-9-6-11(7-10-15)14-8-4-3-5-12(13)16/h11,14H,2-10H2,1H3,(H2,13,16). The van der Waals surface area contributed by atoms with Gasteiger partial charge in [0.1, 0.15) is 0 Å². The van der Waals surface area contributed by atoms with Crippen LogP contribution in [0, 0.1) is 0 Å². The van der Waals surface area contributed by atoms with Gasteiger partial charge < -0.3 is 16.0 Å². The first-order chi connectivity index (χ1) is 7.72. The Bertz CT molecular complexity index is 200. The number of carbonyl (C=O) groups is 1. The van der Waals surface area contributed by atoms with Gasteiger partial charge in [-0.3, -0.25) is 4.79 Å². The number of piperidine rings is 1. The molecule has 0 unspecified atom stereocenters. The zero-order valence-corrected chi connectivity index (χ0v) is 10.4. The summed E-state index contributed by atoms with van der Waals surface area (Å²) in [5, 5.41) is 3.56. The van der Waals surface area contributed by atoms with Crippen molar-refractivity contribution in [1.82, 2.24) is 10.2 Å². The number of likely N-dealkylation sites (tertiary alicyclic amines) is 1. The molecule has 16 heavy (non-hydrogen) atoms. The normalized spacial score (nSPS) is 18.8. The molecule has 1 rings (SSSR count). The number of nitrogens with one attached hydrogen (secondary N) is 1. The summed E-state index contributed by atoms with van der Waals surface area (Å²) in [6.07, 6.45) is 5.00. The highest BCUT2D eigenvalue weighted by molar-refractivity contribution is 5.73. The average Bonchev–Trinajstić information content (AvgIpc) is 2.29. The van der Waals surface area contributed by atoms with Gasteiger partial charge in [-0.15, -0.1) is 0 Å². The number of amides is 1. The van der Waals surface area contributed by atoms with E-state index in [0.29, 0.717) is 12.5 Å². The van der Waals surface area contributed by atoms with Crippen molar-refractivity contribution in [2.75, 3.05) is 26.2 Å². The Labute approximate surface area is 98.6 Å². The fourth-order valence-electron chi connectivity index (χ4n) is 2.18. The van der Waals surface area contributed by atoms with Crippen LogP contribution >= 0.6 is 0 Å². The molecule has 1 fully saturated rings. The number of hydrogen-bond donors (Lipinski definition) is 2. The lowest BCUT2D eigenvalue weighted by Crippen LogP contribution is -2.42. The number of unbranched alkanes of at least 4 members (excludes halogenated alkanes) is 1. The third kappa shape index (κ3) is 5.47. The molecule has 0 saturated carbocycles. The maximum Gasteiger partial charge on any atom is 0.217 e. The Hall–Kier alpha value is -0.610. The van der Waals surface area contributed by atoms with Crippen molar-refractivity contribution in [2.45, 2.75) is 45.1 Å². The molecule has 1 amide bonds. The molecule has 0 aliphatic carbocycles. The van der Waals surface area contributed by atoms with Gasteiger partial charge in [0, 0.05) is 12.5 Å². The van der Waals surface area contributed by atoms with E-state index in [-0.39, 0.29) is 5.91 Å². The van der Waals surface area contributed by atoms with E-state index < -0.39 is 0 Å². The molecule has 1 saturated heterocycles. The van der Waals surface area contributed by atoms with E-state index in [2.05, 4.69) is 17.1 Å². The third-order valence-electron chi connectivity index (χ3n) is 3.32. The maximum atomic E-state index is 10.5. The van der Waals surface area contributed by atoms with Gasteiger partial charge in [0.2, 0.25) is 5.91 Å². The highest BCUT2D eigenvalue weighted by atomic mass is 16.1. The van der Waals surface area contributed by atoms with Crippen LogP contribution in [-0.2, 0) is 4.79 Å². The Balaban J connectivity index is 1.96. The summed E-state index contributed by atoms with van der Waals surface area (Å²) in [5.41, 5.74) is 5.08. The second-order valence-corrected chi connectivity index (χ2v) is 4.59. The predicted octanol–water partition coefficient (Wildman–Crippen LogP) is 0.716. The van der Waals surface area contributed by atoms with Crippen molar-refractivity contribution in [3.05, 3.63) is 0 Å². The number of nitrogens with zero attached hydrogens (tertiary/aromatic N) is 1. The van der Waals surface area contributed by atoms with Crippen LogP contribution in [0.2, 0.25) is 0 Å². The highest BCUT2D eigenvalue weighted by Gasteiger charge is 2.16. The molecular weight excluding hydrogens is 202 g/mol. The molecule has 1 aliphatic heterocycles. The van der Waals surface area contributed by atoms with Gasteiger partial charge in [-0.25, -0.2) is 0 Å². The van der Waals surface area contributed by atoms with E-state index >= 15 is 0 Å². The Kier molecular flexibility index (Phi) is 6.42. The molecule has 4 heteroatoms. The minimum Gasteiger partial charge on any atom is -0.370 e. The lowest BCUT2D eigenvalue weighted by molar-refractivity contribution is -0.118. The number of primary amides is 1. The van der Waals surface area contributed by atoms with Gasteiger partial charge in [0.15, 0.2) is 0 Å². The van der Waals surface area contributed by atoms with E-state index in [1.807, 2.05) is 0 Å². The molecule has 4 nitrogen and oxygen atoms in total. The van der Waals surface area contributed by atoms with Crippen molar-refractivity contribution in [1.29, 1.82) is 0 Å². The second kappa shape index (κ2) is 7.63. The fourth-order valence-corrected chi connectivity index (χ4v) is 2.18. The van der Waals surface area contributed by atoms with E-state index in [0.717, 1.165) is 19.4 Å². The van der Waals surface area contributed by atoms with Crippen LogP contribution in [0.15, 0.2) is 0 Å². The lowest BCUT2D eigenvalue weighted by Gasteiger charge is -2.31. The summed E-state index contributed by atoms with van der Waals surface area (Å²) in [6, 6.07) is 0.677. The minimum absolute atomic E-state index is 0.184. The van der Waals surface area contributed by atoms with E-state index in [1.165, 1.54) is 32.5 Å². The van der Waals surface area contributed by atoms with Crippen LogP contribution in [0.4, 0.5) is 0 Å². The maximum absolute atomic E-state index is 10.5. The Morgan fingerprint density at radius 1 is 1.38 bits per heavy atom. The van der Waals surface area contributed by atoms with Crippen LogP contribution in [0.5, 0.6) is 0 Å². The van der Waals surface area contributed by atoms with Gasteiger partial charge in [-0.1, -0.05) is 6.92 Å². The molecule has 1 heterocycles. The van der Waals surface area contributed by atoms with Crippen molar-refractivity contribution in [2.24, 2.45) is 5.73 Å². The quantitative estimate of drug-likeness (QED) is 0.630. The molecule has 0 radical (unpaired) electrons. The first-order valence-electron chi connectivity index (χ1n) is 6.46. The van der Waals surface area contributed by atoms with Gasteiger partial charge >= 0.3 is 0 Å². The second-order valence-electron chi connectivity index (χ2n) is 4.59. The van der Waals surface area contributed by atoms with Crippen molar-refractivity contribution >= 4 is 5.91 Å². The summed E-state index contributed by atoms with van der Waals surface area (Å²) >= 11 is 0. The first kappa shape index (κ1) is 13.5. The minimum atomic E-state index is -0.184. The number of hydrogen-bond acceptors (Lipinski definition) is 3. The van der Waals surface area contributed by atoms with Crippen molar-refractivity contribution in [3.63, 3.8) is 0 Å². The smallest absolute Gasteiger partial charge is 0.217 e. The van der Waals surface area contributed by atoms with E-state index in [9.17, 15) is 4.79 Å². The molecule has 0 aromatic heterocycles. The summed E-state index contributed by atoms with van der Waals surface area (Å²) in [7, 11) is 0.